The van der Waals surface area contributed by atoms with Crippen molar-refractivity contribution in [1.82, 2.24) is 4.98 Å². The highest BCUT2D eigenvalue weighted by molar-refractivity contribution is 7.80. The first-order valence-corrected chi connectivity index (χ1v) is 6.02. The SMILES string of the molecule is Cc1ccc(NCc2ncc(C)o2)c(C(N)=S)c1. The third kappa shape index (κ3) is 2.87. The lowest BCUT2D eigenvalue weighted by Gasteiger charge is -2.10. The molecule has 1 aromatic carbocycles. The van der Waals surface area contributed by atoms with E-state index in [0.717, 1.165) is 22.6 Å². The second kappa shape index (κ2) is 5.18. The van der Waals surface area contributed by atoms with Gasteiger partial charge in [-0.3, -0.25) is 0 Å². The Bertz CT molecular complexity index is 577. The molecule has 0 aliphatic rings. The second-order valence-electron chi connectivity index (χ2n) is 4.13. The maximum Gasteiger partial charge on any atom is 0.213 e. The zero-order valence-corrected chi connectivity index (χ0v) is 11.2. The number of aryl methyl sites for hydroxylation is 2. The number of aromatic nitrogens is 1. The number of benzene rings is 1. The molecule has 0 fully saturated rings. The first kappa shape index (κ1) is 12.6. The van der Waals surface area contributed by atoms with Crippen LogP contribution in [0.5, 0.6) is 0 Å². The van der Waals surface area contributed by atoms with Crippen LogP contribution in [0.4, 0.5) is 5.69 Å². The van der Waals surface area contributed by atoms with Gasteiger partial charge in [0.15, 0.2) is 0 Å². The Kier molecular flexibility index (Phi) is 3.62. The van der Waals surface area contributed by atoms with Crippen molar-refractivity contribution in [2.45, 2.75) is 20.4 Å². The van der Waals surface area contributed by atoms with E-state index < -0.39 is 0 Å². The van der Waals surface area contributed by atoms with Crippen LogP contribution >= 0.6 is 12.2 Å². The Morgan fingerprint density at radius 2 is 2.22 bits per heavy atom. The van der Waals surface area contributed by atoms with Gasteiger partial charge in [-0.2, -0.15) is 0 Å². The fourth-order valence-corrected chi connectivity index (χ4v) is 1.84. The molecule has 0 spiro atoms. The van der Waals surface area contributed by atoms with Crippen molar-refractivity contribution in [3.8, 4) is 0 Å². The number of hydrogen-bond donors (Lipinski definition) is 2. The maximum absolute atomic E-state index is 5.71. The highest BCUT2D eigenvalue weighted by atomic mass is 32.1. The number of nitrogens with one attached hydrogen (secondary N) is 1. The number of rotatable bonds is 4. The van der Waals surface area contributed by atoms with Crippen LogP contribution in [-0.2, 0) is 6.54 Å². The summed E-state index contributed by atoms with van der Waals surface area (Å²) in [6.07, 6.45) is 1.70. The fourth-order valence-electron chi connectivity index (χ4n) is 1.67. The standard InChI is InChI=1S/C13H15N3OS/c1-8-3-4-11(10(5-8)13(14)18)15-7-12-16-6-9(2)17-12/h3-6,15H,7H2,1-2H3,(H2,14,18). The van der Waals surface area contributed by atoms with E-state index in [-0.39, 0.29) is 0 Å². The van der Waals surface area contributed by atoms with Gasteiger partial charge in [0.1, 0.15) is 10.7 Å². The molecule has 18 heavy (non-hydrogen) atoms. The molecular weight excluding hydrogens is 246 g/mol. The molecular formula is C13H15N3OS. The molecule has 0 unspecified atom stereocenters. The number of hydrogen-bond acceptors (Lipinski definition) is 4. The van der Waals surface area contributed by atoms with E-state index in [4.69, 9.17) is 22.4 Å². The van der Waals surface area contributed by atoms with Crippen molar-refractivity contribution < 1.29 is 4.42 Å². The second-order valence-corrected chi connectivity index (χ2v) is 4.57. The summed E-state index contributed by atoms with van der Waals surface area (Å²) in [5.41, 5.74) is 8.56. The van der Waals surface area contributed by atoms with Crippen molar-refractivity contribution in [2.75, 3.05) is 5.32 Å². The van der Waals surface area contributed by atoms with Crippen LogP contribution in [0.15, 0.2) is 28.8 Å². The molecule has 94 valence electrons. The van der Waals surface area contributed by atoms with Gasteiger partial charge in [0, 0.05) is 11.3 Å². The van der Waals surface area contributed by atoms with Crippen molar-refractivity contribution >= 4 is 22.9 Å². The number of oxazole rings is 1. The first-order valence-electron chi connectivity index (χ1n) is 5.62. The summed E-state index contributed by atoms with van der Waals surface area (Å²) in [5.74, 6) is 1.44. The normalized spacial score (nSPS) is 10.3. The van der Waals surface area contributed by atoms with Crippen molar-refractivity contribution in [3.05, 3.63) is 47.2 Å². The van der Waals surface area contributed by atoms with Gasteiger partial charge in [0.25, 0.3) is 0 Å². The van der Waals surface area contributed by atoms with Crippen LogP contribution < -0.4 is 11.1 Å². The summed E-state index contributed by atoms with van der Waals surface area (Å²) in [4.78, 5) is 4.51. The average molecular weight is 261 g/mol. The Morgan fingerprint density at radius 1 is 1.44 bits per heavy atom. The molecule has 1 aromatic heterocycles. The lowest BCUT2D eigenvalue weighted by atomic mass is 10.1. The van der Waals surface area contributed by atoms with E-state index >= 15 is 0 Å². The van der Waals surface area contributed by atoms with Gasteiger partial charge in [-0.15, -0.1) is 0 Å². The number of nitrogens with zero attached hydrogens (tertiary/aromatic N) is 1. The van der Waals surface area contributed by atoms with Crippen LogP contribution in [0.3, 0.4) is 0 Å². The summed E-state index contributed by atoms with van der Waals surface area (Å²) in [7, 11) is 0. The summed E-state index contributed by atoms with van der Waals surface area (Å²) >= 11 is 5.04. The molecule has 2 rings (SSSR count). The third-order valence-electron chi connectivity index (χ3n) is 2.54. The Hall–Kier alpha value is -1.88. The van der Waals surface area contributed by atoms with Crippen LogP contribution in [0.1, 0.15) is 22.8 Å². The Morgan fingerprint density at radius 3 is 2.83 bits per heavy atom. The minimum absolute atomic E-state index is 0.379. The molecule has 0 amide bonds. The molecule has 5 heteroatoms. The van der Waals surface area contributed by atoms with E-state index in [0.29, 0.717) is 17.4 Å². The highest BCUT2D eigenvalue weighted by Crippen LogP contribution is 2.18. The van der Waals surface area contributed by atoms with Gasteiger partial charge in [0.2, 0.25) is 5.89 Å². The minimum Gasteiger partial charge on any atom is -0.444 e. The molecule has 1 heterocycles. The topological polar surface area (TPSA) is 64.1 Å². The van der Waals surface area contributed by atoms with Crippen LogP contribution in [0.2, 0.25) is 0 Å². The predicted molar refractivity (Wildman–Crippen MR) is 75.6 cm³/mol. The van der Waals surface area contributed by atoms with E-state index in [2.05, 4.69) is 10.3 Å². The first-order chi connectivity index (χ1) is 8.56. The van der Waals surface area contributed by atoms with Crippen LogP contribution in [-0.4, -0.2) is 9.97 Å². The van der Waals surface area contributed by atoms with Crippen molar-refractivity contribution in [2.24, 2.45) is 5.73 Å². The monoisotopic (exact) mass is 261 g/mol. The smallest absolute Gasteiger partial charge is 0.213 e. The molecule has 3 N–H and O–H groups in total. The summed E-state index contributed by atoms with van der Waals surface area (Å²) in [5, 5.41) is 3.23. The van der Waals surface area contributed by atoms with Gasteiger partial charge in [-0.05, 0) is 26.0 Å². The average Bonchev–Trinajstić information content (AvgIpc) is 2.73. The van der Waals surface area contributed by atoms with Crippen LogP contribution in [0, 0.1) is 13.8 Å². The van der Waals surface area contributed by atoms with Gasteiger partial charge in [0.05, 0.1) is 12.7 Å². The van der Waals surface area contributed by atoms with Crippen molar-refractivity contribution in [1.29, 1.82) is 0 Å². The zero-order chi connectivity index (χ0) is 13.1. The van der Waals surface area contributed by atoms with E-state index in [1.165, 1.54) is 0 Å². The predicted octanol–water partition coefficient (Wildman–Crippen LogP) is 2.54. The summed E-state index contributed by atoms with van der Waals surface area (Å²) < 4.78 is 5.39. The lowest BCUT2D eigenvalue weighted by molar-refractivity contribution is 0.479. The maximum atomic E-state index is 5.71. The molecule has 0 bridgehead atoms. The zero-order valence-electron chi connectivity index (χ0n) is 10.4. The van der Waals surface area contributed by atoms with Gasteiger partial charge in [-0.25, -0.2) is 4.98 Å². The van der Waals surface area contributed by atoms with E-state index in [1.54, 1.807) is 6.20 Å². The number of anilines is 1. The largest absolute Gasteiger partial charge is 0.444 e. The molecule has 4 nitrogen and oxygen atoms in total. The van der Waals surface area contributed by atoms with Crippen LogP contribution in [0.25, 0.3) is 0 Å². The van der Waals surface area contributed by atoms with Gasteiger partial charge in [-0.1, -0.05) is 23.8 Å². The molecule has 0 aliphatic carbocycles. The van der Waals surface area contributed by atoms with Gasteiger partial charge < -0.3 is 15.5 Å². The molecule has 0 aliphatic heterocycles. The number of thiocarbonyl (C=S) groups is 1. The summed E-state index contributed by atoms with van der Waals surface area (Å²) in [6, 6.07) is 5.93. The molecule has 0 radical (unpaired) electrons. The quantitative estimate of drug-likeness (QED) is 0.828. The number of nitrogens with two attached hydrogens (primary N) is 1. The Labute approximate surface area is 111 Å². The molecule has 0 atom stereocenters. The highest BCUT2D eigenvalue weighted by Gasteiger charge is 2.07. The molecule has 0 saturated carbocycles. The summed E-state index contributed by atoms with van der Waals surface area (Å²) in [6.45, 7) is 4.37. The van der Waals surface area contributed by atoms with Crippen molar-refractivity contribution in [3.63, 3.8) is 0 Å². The molecule has 2 aromatic rings. The fraction of sp³-hybridized carbons (Fsp3) is 0.231. The lowest BCUT2D eigenvalue weighted by Crippen LogP contribution is -2.13. The van der Waals surface area contributed by atoms with E-state index in [9.17, 15) is 0 Å². The third-order valence-corrected chi connectivity index (χ3v) is 2.76. The minimum atomic E-state index is 0.379. The van der Waals surface area contributed by atoms with E-state index in [1.807, 2.05) is 32.0 Å². The Balaban J connectivity index is 2.16. The molecule has 0 saturated heterocycles. The van der Waals surface area contributed by atoms with Gasteiger partial charge >= 0.3 is 0 Å².